The van der Waals surface area contributed by atoms with E-state index in [4.69, 9.17) is 4.74 Å². The fraction of sp³-hybridized carbons (Fsp3) is 0.300. The summed E-state index contributed by atoms with van der Waals surface area (Å²) in [7, 11) is 3.28. The maximum absolute atomic E-state index is 13.5. The molecule has 0 bridgehead atoms. The van der Waals surface area contributed by atoms with Crippen molar-refractivity contribution in [3.8, 4) is 5.75 Å². The van der Waals surface area contributed by atoms with Crippen LogP contribution in [-0.2, 0) is 16.1 Å². The number of likely N-dealkylation sites (N-methyl/N-ethyl adjacent to an activating group) is 1. The van der Waals surface area contributed by atoms with Crippen LogP contribution in [0.3, 0.4) is 0 Å². The van der Waals surface area contributed by atoms with Crippen molar-refractivity contribution in [1.82, 2.24) is 4.90 Å². The number of ether oxygens (including phenoxy) is 1. The molecule has 1 N–H and O–H groups in total. The Labute approximate surface area is 151 Å². The average molecular weight is 356 g/mol. The molecule has 1 heterocycles. The number of benzene rings is 2. The van der Waals surface area contributed by atoms with Gasteiger partial charge in [-0.1, -0.05) is 23.8 Å². The molecule has 6 heteroatoms. The Hall–Kier alpha value is -2.89. The number of fused-ring (bicyclic) bond motifs is 1. The molecule has 2 aromatic carbocycles. The molecule has 1 aliphatic heterocycles. The molecule has 2 aromatic rings. The maximum Gasteiger partial charge on any atom is 0.230 e. The largest absolute Gasteiger partial charge is 0.496 e. The number of carbonyl (C=O) groups excluding carboxylic acids is 2. The highest BCUT2D eigenvalue weighted by atomic mass is 19.1. The minimum Gasteiger partial charge on any atom is -0.496 e. The van der Waals surface area contributed by atoms with Crippen LogP contribution in [0, 0.1) is 12.7 Å². The molecule has 3 rings (SSSR count). The minimum atomic E-state index is -0.625. The Morgan fingerprint density at radius 2 is 2.08 bits per heavy atom. The zero-order valence-corrected chi connectivity index (χ0v) is 15.0. The molecule has 26 heavy (non-hydrogen) atoms. The first-order chi connectivity index (χ1) is 12.4. The third kappa shape index (κ3) is 3.54. The van der Waals surface area contributed by atoms with Gasteiger partial charge in [0, 0.05) is 31.3 Å². The molecule has 0 saturated carbocycles. The summed E-state index contributed by atoms with van der Waals surface area (Å²) >= 11 is 0. The van der Waals surface area contributed by atoms with Crippen molar-refractivity contribution in [2.45, 2.75) is 25.8 Å². The summed E-state index contributed by atoms with van der Waals surface area (Å²) in [6.07, 6.45) is 0.0484. The third-order valence-corrected chi connectivity index (χ3v) is 4.57. The third-order valence-electron chi connectivity index (χ3n) is 4.57. The second-order valence-electron chi connectivity index (χ2n) is 6.55. The van der Waals surface area contributed by atoms with E-state index in [1.54, 1.807) is 25.1 Å². The van der Waals surface area contributed by atoms with Gasteiger partial charge in [0.15, 0.2) is 0 Å². The van der Waals surface area contributed by atoms with E-state index >= 15 is 0 Å². The predicted octanol–water partition coefficient (Wildman–Crippen LogP) is 3.23. The fourth-order valence-corrected chi connectivity index (χ4v) is 3.29. The van der Waals surface area contributed by atoms with Gasteiger partial charge in [0.25, 0.3) is 0 Å². The number of nitrogens with zero attached hydrogens (tertiary/aromatic N) is 1. The van der Waals surface area contributed by atoms with Crippen molar-refractivity contribution in [3.05, 3.63) is 58.9 Å². The van der Waals surface area contributed by atoms with Gasteiger partial charge in [0.2, 0.25) is 11.8 Å². The number of aryl methyl sites for hydroxylation is 1. The van der Waals surface area contributed by atoms with Crippen molar-refractivity contribution < 1.29 is 18.7 Å². The first-order valence-electron chi connectivity index (χ1n) is 8.37. The number of amides is 2. The molecule has 0 radical (unpaired) electrons. The molecular weight excluding hydrogens is 335 g/mol. The SMILES string of the molecule is COc1ccc(C)cc1CN(C)C(=O)C1CC(=O)Nc2cc(F)ccc21. The van der Waals surface area contributed by atoms with E-state index in [0.29, 0.717) is 23.5 Å². The molecular formula is C20H21FN2O3. The molecule has 136 valence electrons. The van der Waals surface area contributed by atoms with Crippen LogP contribution in [0.4, 0.5) is 10.1 Å². The van der Waals surface area contributed by atoms with Crippen LogP contribution in [-0.4, -0.2) is 30.9 Å². The van der Waals surface area contributed by atoms with Gasteiger partial charge in [-0.05, 0) is 30.7 Å². The van der Waals surface area contributed by atoms with E-state index in [2.05, 4.69) is 5.32 Å². The van der Waals surface area contributed by atoms with Crippen LogP contribution >= 0.6 is 0 Å². The Balaban J connectivity index is 1.86. The molecule has 0 fully saturated rings. The minimum absolute atomic E-state index is 0.0484. The summed E-state index contributed by atoms with van der Waals surface area (Å²) in [5, 5.41) is 2.63. The monoisotopic (exact) mass is 356 g/mol. The molecule has 1 unspecified atom stereocenters. The van der Waals surface area contributed by atoms with Gasteiger partial charge < -0.3 is 15.0 Å². The number of carbonyl (C=O) groups is 2. The van der Waals surface area contributed by atoms with E-state index in [1.807, 2.05) is 25.1 Å². The summed E-state index contributed by atoms with van der Waals surface area (Å²) < 4.78 is 18.8. The topological polar surface area (TPSA) is 58.6 Å². The van der Waals surface area contributed by atoms with Crippen LogP contribution in [0.2, 0.25) is 0 Å². The van der Waals surface area contributed by atoms with Crippen LogP contribution in [0.5, 0.6) is 5.75 Å². The van der Waals surface area contributed by atoms with Gasteiger partial charge >= 0.3 is 0 Å². The van der Waals surface area contributed by atoms with E-state index in [-0.39, 0.29) is 18.2 Å². The van der Waals surface area contributed by atoms with Gasteiger partial charge in [0.1, 0.15) is 11.6 Å². The Morgan fingerprint density at radius 1 is 1.31 bits per heavy atom. The van der Waals surface area contributed by atoms with Crippen molar-refractivity contribution in [2.75, 3.05) is 19.5 Å². The van der Waals surface area contributed by atoms with Crippen LogP contribution < -0.4 is 10.1 Å². The van der Waals surface area contributed by atoms with Gasteiger partial charge in [-0.2, -0.15) is 0 Å². The molecule has 0 aliphatic carbocycles. The number of rotatable bonds is 4. The summed E-state index contributed by atoms with van der Waals surface area (Å²) in [6, 6.07) is 9.90. The van der Waals surface area contributed by atoms with Gasteiger partial charge in [-0.25, -0.2) is 4.39 Å². The molecule has 2 amide bonds. The lowest BCUT2D eigenvalue weighted by molar-refractivity contribution is -0.134. The van der Waals surface area contributed by atoms with Crippen molar-refractivity contribution in [3.63, 3.8) is 0 Å². The zero-order valence-electron chi connectivity index (χ0n) is 15.0. The Morgan fingerprint density at radius 3 is 2.81 bits per heavy atom. The number of anilines is 1. The van der Waals surface area contributed by atoms with Gasteiger partial charge in [-0.3, -0.25) is 9.59 Å². The average Bonchev–Trinajstić information content (AvgIpc) is 2.60. The molecule has 1 atom stereocenters. The smallest absolute Gasteiger partial charge is 0.230 e. The van der Waals surface area contributed by atoms with Crippen molar-refractivity contribution >= 4 is 17.5 Å². The second kappa shape index (κ2) is 7.15. The summed E-state index contributed by atoms with van der Waals surface area (Å²) in [5.41, 5.74) is 2.96. The predicted molar refractivity (Wildman–Crippen MR) is 96.6 cm³/mol. The zero-order chi connectivity index (χ0) is 18.8. The highest BCUT2D eigenvalue weighted by Crippen LogP contribution is 2.34. The molecule has 0 spiro atoms. The summed E-state index contributed by atoms with van der Waals surface area (Å²) in [6.45, 7) is 2.33. The van der Waals surface area contributed by atoms with Crippen LogP contribution in [0.25, 0.3) is 0 Å². The highest BCUT2D eigenvalue weighted by Gasteiger charge is 2.32. The van der Waals surface area contributed by atoms with Crippen molar-refractivity contribution in [2.24, 2.45) is 0 Å². The normalized spacial score (nSPS) is 15.8. The van der Waals surface area contributed by atoms with Gasteiger partial charge in [0.05, 0.1) is 13.0 Å². The van der Waals surface area contributed by atoms with E-state index < -0.39 is 11.7 Å². The summed E-state index contributed by atoms with van der Waals surface area (Å²) in [4.78, 5) is 26.5. The second-order valence-corrected chi connectivity index (χ2v) is 6.55. The lowest BCUT2D eigenvalue weighted by Gasteiger charge is -2.29. The first kappa shape index (κ1) is 17.9. The molecule has 1 aliphatic rings. The number of halogens is 1. The Bertz CT molecular complexity index is 866. The Kier molecular flexibility index (Phi) is 4.93. The number of methoxy groups -OCH3 is 1. The highest BCUT2D eigenvalue weighted by molar-refractivity contribution is 6.01. The first-order valence-corrected chi connectivity index (χ1v) is 8.37. The molecule has 5 nitrogen and oxygen atoms in total. The molecule has 0 saturated heterocycles. The van der Waals surface area contributed by atoms with Gasteiger partial charge in [-0.15, -0.1) is 0 Å². The number of hydrogen-bond donors (Lipinski definition) is 1. The van der Waals surface area contributed by atoms with Crippen LogP contribution in [0.1, 0.15) is 29.0 Å². The number of nitrogens with one attached hydrogen (secondary N) is 1. The van der Waals surface area contributed by atoms with Crippen LogP contribution in [0.15, 0.2) is 36.4 Å². The maximum atomic E-state index is 13.5. The summed E-state index contributed by atoms with van der Waals surface area (Å²) in [5.74, 6) is -0.839. The quantitative estimate of drug-likeness (QED) is 0.915. The van der Waals surface area contributed by atoms with E-state index in [1.165, 1.54) is 12.1 Å². The number of hydrogen-bond acceptors (Lipinski definition) is 3. The van der Waals surface area contributed by atoms with E-state index in [0.717, 1.165) is 11.1 Å². The lowest BCUT2D eigenvalue weighted by atomic mass is 9.89. The standard InChI is InChI=1S/C20H21FN2O3/c1-12-4-7-18(26-3)13(8-12)11-23(2)20(25)16-10-19(24)22-17-9-14(21)5-6-15(16)17/h4-9,16H,10-11H2,1-3H3,(H,22,24). The fourth-order valence-electron chi connectivity index (χ4n) is 3.29. The van der Waals surface area contributed by atoms with Crippen molar-refractivity contribution in [1.29, 1.82) is 0 Å². The molecule has 0 aromatic heterocycles. The lowest BCUT2D eigenvalue weighted by Crippen LogP contribution is -2.36. The van der Waals surface area contributed by atoms with E-state index in [9.17, 15) is 14.0 Å².